The summed E-state index contributed by atoms with van der Waals surface area (Å²) in [5.41, 5.74) is 12.4. The zero-order valence-corrected chi connectivity index (χ0v) is 16.5. The second-order valence-corrected chi connectivity index (χ2v) is 8.37. The molecule has 5 rings (SSSR count). The summed E-state index contributed by atoms with van der Waals surface area (Å²) in [6, 6.07) is 8.22. The highest BCUT2D eigenvalue weighted by Crippen LogP contribution is 2.51. The van der Waals surface area contributed by atoms with Crippen LogP contribution in [0.5, 0.6) is 0 Å². The van der Waals surface area contributed by atoms with Crippen LogP contribution in [0.2, 0.25) is 5.02 Å². The smallest absolute Gasteiger partial charge is 0.127 e. The van der Waals surface area contributed by atoms with E-state index in [1.165, 1.54) is 6.07 Å². The molecule has 2 aromatic carbocycles. The van der Waals surface area contributed by atoms with Gasteiger partial charge >= 0.3 is 0 Å². The van der Waals surface area contributed by atoms with E-state index in [0.29, 0.717) is 17.3 Å². The van der Waals surface area contributed by atoms with Crippen molar-refractivity contribution in [3.63, 3.8) is 0 Å². The van der Waals surface area contributed by atoms with Gasteiger partial charge in [-0.25, -0.2) is 9.37 Å². The Bertz CT molecular complexity index is 1130. The maximum atomic E-state index is 14.8. The summed E-state index contributed by atoms with van der Waals surface area (Å²) in [4.78, 5) is 7.68. The largest absolute Gasteiger partial charge is 0.320 e. The molecule has 1 saturated carbocycles. The van der Waals surface area contributed by atoms with Crippen LogP contribution in [0, 0.1) is 5.82 Å². The van der Waals surface area contributed by atoms with Crippen LogP contribution in [-0.2, 0) is 0 Å². The highest BCUT2D eigenvalue weighted by atomic mass is 79.9. The number of fused-ring (bicyclic) bond motifs is 3. The van der Waals surface area contributed by atoms with Crippen molar-refractivity contribution < 1.29 is 4.39 Å². The first-order valence-electron chi connectivity index (χ1n) is 8.78. The van der Waals surface area contributed by atoms with Crippen LogP contribution in [-0.4, -0.2) is 9.55 Å². The number of hydrogen-bond acceptors (Lipinski definition) is 2. The Hall–Kier alpha value is -2.08. The molecule has 0 radical (unpaired) electrons. The SMILES string of the molecule is [N-]=[N+]=NC1C[C@H](c2c(Br)ccc(F)c2C2CC2)n2c1nc1ccc(Cl)cc12. The lowest BCUT2D eigenvalue weighted by molar-refractivity contribution is 0.565. The van der Waals surface area contributed by atoms with Crippen molar-refractivity contribution in [3.8, 4) is 0 Å². The minimum atomic E-state index is -0.395. The second-order valence-electron chi connectivity index (χ2n) is 7.08. The molecule has 1 aromatic heterocycles. The quantitative estimate of drug-likeness (QED) is 0.247. The zero-order chi connectivity index (χ0) is 18.7. The van der Waals surface area contributed by atoms with Gasteiger partial charge in [-0.15, -0.1) is 0 Å². The maximum Gasteiger partial charge on any atom is 0.127 e. The van der Waals surface area contributed by atoms with E-state index in [1.54, 1.807) is 12.1 Å². The van der Waals surface area contributed by atoms with Crippen molar-refractivity contribution >= 4 is 38.6 Å². The molecule has 0 N–H and O–H groups in total. The molecule has 136 valence electrons. The molecular weight excluding hydrogens is 433 g/mol. The summed E-state index contributed by atoms with van der Waals surface area (Å²) in [5, 5.41) is 4.56. The summed E-state index contributed by atoms with van der Waals surface area (Å²) >= 11 is 9.86. The number of rotatable bonds is 3. The Kier molecular flexibility index (Phi) is 3.93. The van der Waals surface area contributed by atoms with Crippen LogP contribution in [0.3, 0.4) is 0 Å². The molecule has 27 heavy (non-hydrogen) atoms. The minimum Gasteiger partial charge on any atom is -0.320 e. The third-order valence-electron chi connectivity index (χ3n) is 5.43. The van der Waals surface area contributed by atoms with Gasteiger partial charge in [-0.3, -0.25) is 0 Å². The predicted octanol–water partition coefficient (Wildman–Crippen LogP) is 6.81. The summed E-state index contributed by atoms with van der Waals surface area (Å²) in [6.07, 6.45) is 2.54. The van der Waals surface area contributed by atoms with Gasteiger partial charge in [-0.1, -0.05) is 32.6 Å². The van der Waals surface area contributed by atoms with Crippen molar-refractivity contribution in [3.05, 3.63) is 73.0 Å². The van der Waals surface area contributed by atoms with Crippen LogP contribution in [0.25, 0.3) is 21.5 Å². The first-order chi connectivity index (χ1) is 13.1. The van der Waals surface area contributed by atoms with Crippen LogP contribution in [0.15, 0.2) is 39.9 Å². The van der Waals surface area contributed by atoms with E-state index in [0.717, 1.165) is 39.5 Å². The van der Waals surface area contributed by atoms with Crippen molar-refractivity contribution in [1.29, 1.82) is 0 Å². The van der Waals surface area contributed by atoms with E-state index in [4.69, 9.17) is 17.1 Å². The molecule has 3 aromatic rings. The maximum absolute atomic E-state index is 14.8. The molecule has 2 atom stereocenters. The Labute approximate surface area is 167 Å². The van der Waals surface area contributed by atoms with Crippen LogP contribution in [0.1, 0.15) is 54.2 Å². The zero-order valence-electron chi connectivity index (χ0n) is 14.1. The predicted molar refractivity (Wildman–Crippen MR) is 105 cm³/mol. The first-order valence-corrected chi connectivity index (χ1v) is 9.95. The molecule has 0 saturated heterocycles. The number of hydrogen-bond donors (Lipinski definition) is 0. The van der Waals surface area contributed by atoms with Crippen LogP contribution < -0.4 is 0 Å². The molecular formula is C19H14BrClFN5. The average molecular weight is 447 g/mol. The van der Waals surface area contributed by atoms with E-state index >= 15 is 0 Å². The topological polar surface area (TPSA) is 66.6 Å². The van der Waals surface area contributed by atoms with Crippen LogP contribution in [0.4, 0.5) is 4.39 Å². The number of aromatic nitrogens is 2. The standard InChI is InChI=1S/C19H14BrClFN5/c20-11-4-5-12(22)17(9-1-2-9)18(11)16-8-14(25-26-23)19-24-13-6-3-10(21)7-15(13)27(16)19/h3-7,9,14,16H,1-2,8H2/t14?,16-/m1/s1. The molecule has 8 heteroatoms. The van der Waals surface area contributed by atoms with E-state index in [9.17, 15) is 4.39 Å². The van der Waals surface area contributed by atoms with E-state index in [1.807, 2.05) is 12.1 Å². The van der Waals surface area contributed by atoms with Crippen molar-refractivity contribution in [2.45, 2.75) is 37.3 Å². The fourth-order valence-electron chi connectivity index (χ4n) is 4.19. The summed E-state index contributed by atoms with van der Waals surface area (Å²) in [6.45, 7) is 0. The molecule has 0 amide bonds. The normalized spacial score (nSPS) is 21.3. The number of benzene rings is 2. The van der Waals surface area contributed by atoms with Gasteiger partial charge in [0, 0.05) is 14.4 Å². The van der Waals surface area contributed by atoms with Gasteiger partial charge in [0.1, 0.15) is 11.6 Å². The van der Waals surface area contributed by atoms with E-state index in [-0.39, 0.29) is 17.8 Å². The van der Waals surface area contributed by atoms with Crippen molar-refractivity contribution in [1.82, 2.24) is 9.55 Å². The van der Waals surface area contributed by atoms with Gasteiger partial charge in [0.2, 0.25) is 0 Å². The monoisotopic (exact) mass is 445 g/mol. The van der Waals surface area contributed by atoms with Crippen molar-refractivity contribution in [2.75, 3.05) is 0 Å². The Morgan fingerprint density at radius 1 is 1.26 bits per heavy atom. The molecule has 5 nitrogen and oxygen atoms in total. The number of nitrogens with zero attached hydrogens (tertiary/aromatic N) is 5. The molecule has 0 bridgehead atoms. The van der Waals surface area contributed by atoms with Gasteiger partial charge in [-0.05, 0) is 72.2 Å². The van der Waals surface area contributed by atoms with Gasteiger partial charge in [-0.2, -0.15) is 0 Å². The lowest BCUT2D eigenvalue weighted by atomic mass is 9.94. The molecule has 0 spiro atoms. The number of imidazole rings is 1. The van der Waals surface area contributed by atoms with Gasteiger partial charge < -0.3 is 4.57 Å². The minimum absolute atomic E-state index is 0.167. The van der Waals surface area contributed by atoms with Gasteiger partial charge in [0.25, 0.3) is 0 Å². The number of azide groups is 1. The molecule has 1 aliphatic heterocycles. The van der Waals surface area contributed by atoms with Crippen LogP contribution >= 0.6 is 27.5 Å². The second kappa shape index (κ2) is 6.23. The van der Waals surface area contributed by atoms with Gasteiger partial charge in [0.15, 0.2) is 0 Å². The van der Waals surface area contributed by atoms with Gasteiger partial charge in [0.05, 0.1) is 23.1 Å². The summed E-state index contributed by atoms with van der Waals surface area (Å²) < 4.78 is 17.7. The van der Waals surface area contributed by atoms with Crippen molar-refractivity contribution in [2.24, 2.45) is 5.11 Å². The third-order valence-corrected chi connectivity index (χ3v) is 6.35. The first kappa shape index (κ1) is 17.0. The Morgan fingerprint density at radius 2 is 2.07 bits per heavy atom. The Balaban J connectivity index is 1.79. The molecule has 1 fully saturated rings. The summed E-state index contributed by atoms with van der Waals surface area (Å²) in [7, 11) is 0. The Morgan fingerprint density at radius 3 is 2.81 bits per heavy atom. The molecule has 1 aliphatic carbocycles. The van der Waals surface area contributed by atoms with E-state index < -0.39 is 6.04 Å². The molecule has 2 aliphatic rings. The fourth-order valence-corrected chi connectivity index (χ4v) is 4.96. The van der Waals surface area contributed by atoms with E-state index in [2.05, 4.69) is 35.5 Å². The molecule has 2 heterocycles. The highest BCUT2D eigenvalue weighted by molar-refractivity contribution is 9.10. The third kappa shape index (κ3) is 2.64. The highest BCUT2D eigenvalue weighted by Gasteiger charge is 2.39. The molecule has 1 unspecified atom stereocenters. The number of halogens is 3. The fraction of sp³-hybridized carbons (Fsp3) is 0.316. The lowest BCUT2D eigenvalue weighted by Gasteiger charge is -2.21. The lowest BCUT2D eigenvalue weighted by Crippen LogP contribution is -2.10. The summed E-state index contributed by atoms with van der Waals surface area (Å²) in [5.74, 6) is 0.776. The average Bonchev–Trinajstić information content (AvgIpc) is 3.33.